The zero-order chi connectivity index (χ0) is 16.3. The number of β-amino-alcohol motifs (C(OH)–C–C–N with tert-alkyl or cyclic N) is 1. The molecule has 0 aromatic carbocycles. The quantitative estimate of drug-likeness (QED) is 0.893. The van der Waals surface area contributed by atoms with Crippen LogP contribution in [0.5, 0.6) is 0 Å². The van der Waals surface area contributed by atoms with Crippen molar-refractivity contribution in [2.75, 3.05) is 51.7 Å². The molecule has 5 heteroatoms. The summed E-state index contributed by atoms with van der Waals surface area (Å²) in [5.74, 6) is 0.984. The van der Waals surface area contributed by atoms with Crippen LogP contribution in [0, 0.1) is 0 Å². The van der Waals surface area contributed by atoms with Gasteiger partial charge in [-0.2, -0.15) is 0 Å². The van der Waals surface area contributed by atoms with Gasteiger partial charge < -0.3 is 14.9 Å². The van der Waals surface area contributed by atoms with Crippen molar-refractivity contribution in [2.24, 2.45) is 0 Å². The number of nitrogens with zero attached hydrogens (tertiary/aromatic N) is 4. The molecule has 0 saturated carbocycles. The highest BCUT2D eigenvalue weighted by molar-refractivity contribution is 5.37. The van der Waals surface area contributed by atoms with E-state index in [1.807, 2.05) is 25.2 Å². The average Bonchev–Trinajstić information content (AvgIpc) is 3.00. The van der Waals surface area contributed by atoms with Gasteiger partial charge in [0.1, 0.15) is 5.82 Å². The van der Waals surface area contributed by atoms with Crippen molar-refractivity contribution in [2.45, 2.75) is 37.8 Å². The largest absolute Gasteiger partial charge is 0.387 e. The van der Waals surface area contributed by atoms with Gasteiger partial charge in [-0.15, -0.1) is 0 Å². The van der Waals surface area contributed by atoms with Gasteiger partial charge in [0.05, 0.1) is 5.60 Å². The van der Waals surface area contributed by atoms with Crippen LogP contribution >= 0.6 is 0 Å². The highest BCUT2D eigenvalue weighted by Crippen LogP contribution is 2.25. The Morgan fingerprint density at radius 2 is 1.87 bits per heavy atom. The summed E-state index contributed by atoms with van der Waals surface area (Å²) in [6.07, 6.45) is 6.53. The fourth-order valence-electron chi connectivity index (χ4n) is 3.86. The van der Waals surface area contributed by atoms with Crippen LogP contribution in [-0.4, -0.2) is 72.3 Å². The molecule has 0 bridgehead atoms. The predicted molar refractivity (Wildman–Crippen MR) is 93.7 cm³/mol. The Labute approximate surface area is 139 Å². The summed E-state index contributed by atoms with van der Waals surface area (Å²) in [7, 11) is 4.01. The molecule has 3 rings (SSSR count). The molecule has 3 heterocycles. The molecule has 2 fully saturated rings. The van der Waals surface area contributed by atoms with Crippen LogP contribution in [0.4, 0.5) is 5.82 Å². The molecule has 2 saturated heterocycles. The lowest BCUT2D eigenvalue weighted by Crippen LogP contribution is -2.53. The molecule has 1 aromatic heterocycles. The summed E-state index contributed by atoms with van der Waals surface area (Å²) in [6.45, 7) is 5.86. The standard InChI is InChI=1S/C18H30N4O/c1-20(2)17-7-6-16(12-19-17)13-22-11-5-8-18(23,15-22)14-21-9-3-4-10-21/h6-7,12,23H,3-5,8-11,13-15H2,1-2H3. The van der Waals surface area contributed by atoms with Gasteiger partial charge in [-0.1, -0.05) is 6.07 Å². The molecule has 128 valence electrons. The highest BCUT2D eigenvalue weighted by atomic mass is 16.3. The van der Waals surface area contributed by atoms with Gasteiger partial charge in [0.2, 0.25) is 0 Å². The number of hydrogen-bond donors (Lipinski definition) is 1. The first-order valence-electron chi connectivity index (χ1n) is 8.83. The molecule has 5 nitrogen and oxygen atoms in total. The Balaban J connectivity index is 1.57. The van der Waals surface area contributed by atoms with Crippen molar-refractivity contribution in [3.05, 3.63) is 23.9 Å². The van der Waals surface area contributed by atoms with Crippen molar-refractivity contribution in [1.29, 1.82) is 0 Å². The number of pyridine rings is 1. The van der Waals surface area contributed by atoms with Crippen molar-refractivity contribution in [3.8, 4) is 0 Å². The summed E-state index contributed by atoms with van der Waals surface area (Å²) < 4.78 is 0. The third kappa shape index (κ3) is 4.43. The SMILES string of the molecule is CN(C)c1ccc(CN2CCCC(O)(CN3CCCC3)C2)cn1. The topological polar surface area (TPSA) is 42.8 Å². The lowest BCUT2D eigenvalue weighted by molar-refractivity contribution is -0.0519. The number of anilines is 1. The van der Waals surface area contributed by atoms with Crippen LogP contribution in [0.1, 0.15) is 31.2 Å². The van der Waals surface area contributed by atoms with E-state index in [-0.39, 0.29) is 0 Å². The predicted octanol–water partition coefficient (Wildman–Crippen LogP) is 1.57. The normalized spacial score (nSPS) is 26.6. The third-order valence-corrected chi connectivity index (χ3v) is 5.02. The summed E-state index contributed by atoms with van der Waals surface area (Å²) in [5, 5.41) is 11.0. The lowest BCUT2D eigenvalue weighted by atomic mass is 9.92. The minimum absolute atomic E-state index is 0.542. The van der Waals surface area contributed by atoms with E-state index in [2.05, 4.69) is 26.9 Å². The number of aliphatic hydroxyl groups is 1. The van der Waals surface area contributed by atoms with Crippen molar-refractivity contribution >= 4 is 5.82 Å². The maximum atomic E-state index is 11.0. The third-order valence-electron chi connectivity index (χ3n) is 5.02. The van der Waals surface area contributed by atoms with Crippen LogP contribution in [0.3, 0.4) is 0 Å². The number of likely N-dealkylation sites (tertiary alicyclic amines) is 2. The number of piperidine rings is 1. The van der Waals surface area contributed by atoms with Crippen molar-refractivity contribution in [3.63, 3.8) is 0 Å². The van der Waals surface area contributed by atoms with E-state index in [0.29, 0.717) is 0 Å². The Morgan fingerprint density at radius 3 is 2.52 bits per heavy atom. The fraction of sp³-hybridized carbons (Fsp3) is 0.722. The summed E-state index contributed by atoms with van der Waals surface area (Å²) >= 11 is 0. The minimum atomic E-state index is -0.542. The molecule has 0 aliphatic carbocycles. The monoisotopic (exact) mass is 318 g/mol. The smallest absolute Gasteiger partial charge is 0.127 e. The van der Waals surface area contributed by atoms with E-state index < -0.39 is 5.60 Å². The van der Waals surface area contributed by atoms with E-state index in [1.54, 1.807) is 0 Å². The zero-order valence-electron chi connectivity index (χ0n) is 14.5. The Morgan fingerprint density at radius 1 is 1.13 bits per heavy atom. The van der Waals surface area contributed by atoms with Gasteiger partial charge in [-0.05, 0) is 56.9 Å². The summed E-state index contributed by atoms with van der Waals surface area (Å²) in [4.78, 5) is 11.3. The van der Waals surface area contributed by atoms with E-state index in [0.717, 1.165) is 57.9 Å². The Hall–Kier alpha value is -1.17. The highest BCUT2D eigenvalue weighted by Gasteiger charge is 2.35. The molecule has 23 heavy (non-hydrogen) atoms. The van der Waals surface area contributed by atoms with Crippen LogP contribution in [0.25, 0.3) is 0 Å². The second-order valence-electron chi connectivity index (χ2n) is 7.44. The van der Waals surface area contributed by atoms with Crippen LogP contribution in [0.15, 0.2) is 18.3 Å². The van der Waals surface area contributed by atoms with Crippen LogP contribution < -0.4 is 4.90 Å². The van der Waals surface area contributed by atoms with E-state index in [1.165, 1.54) is 18.4 Å². The molecule has 2 aliphatic rings. The molecular formula is C18H30N4O. The van der Waals surface area contributed by atoms with Gasteiger partial charge in [0, 0.05) is 39.9 Å². The maximum absolute atomic E-state index is 11.0. The van der Waals surface area contributed by atoms with E-state index >= 15 is 0 Å². The van der Waals surface area contributed by atoms with E-state index in [9.17, 15) is 5.11 Å². The molecule has 2 aliphatic heterocycles. The number of aromatic nitrogens is 1. The molecule has 0 radical (unpaired) electrons. The van der Waals surface area contributed by atoms with Gasteiger partial charge in [0.15, 0.2) is 0 Å². The first kappa shape index (κ1) is 16.7. The first-order valence-corrected chi connectivity index (χ1v) is 8.83. The molecular weight excluding hydrogens is 288 g/mol. The minimum Gasteiger partial charge on any atom is -0.387 e. The van der Waals surface area contributed by atoms with Gasteiger partial charge in [-0.25, -0.2) is 4.98 Å². The van der Waals surface area contributed by atoms with Crippen LogP contribution in [0.2, 0.25) is 0 Å². The van der Waals surface area contributed by atoms with Crippen LogP contribution in [-0.2, 0) is 6.54 Å². The fourth-order valence-corrected chi connectivity index (χ4v) is 3.86. The molecule has 1 aromatic rings. The summed E-state index contributed by atoms with van der Waals surface area (Å²) in [5.41, 5.74) is 0.681. The second kappa shape index (κ2) is 7.16. The van der Waals surface area contributed by atoms with Crippen molar-refractivity contribution in [1.82, 2.24) is 14.8 Å². The summed E-state index contributed by atoms with van der Waals surface area (Å²) in [6, 6.07) is 4.21. The average molecular weight is 318 g/mol. The number of hydrogen-bond acceptors (Lipinski definition) is 5. The van der Waals surface area contributed by atoms with Crippen molar-refractivity contribution < 1.29 is 5.11 Å². The molecule has 1 unspecified atom stereocenters. The molecule has 1 atom stereocenters. The molecule has 0 amide bonds. The Kier molecular flexibility index (Phi) is 5.19. The Bertz CT molecular complexity index is 498. The zero-order valence-corrected chi connectivity index (χ0v) is 14.5. The van der Waals surface area contributed by atoms with Gasteiger partial charge in [0.25, 0.3) is 0 Å². The first-order chi connectivity index (χ1) is 11.0. The van der Waals surface area contributed by atoms with E-state index in [4.69, 9.17) is 0 Å². The molecule has 1 N–H and O–H groups in total. The second-order valence-corrected chi connectivity index (χ2v) is 7.44. The van der Waals surface area contributed by atoms with Gasteiger partial charge in [-0.3, -0.25) is 4.90 Å². The maximum Gasteiger partial charge on any atom is 0.127 e. The lowest BCUT2D eigenvalue weighted by Gasteiger charge is -2.41. The van der Waals surface area contributed by atoms with Gasteiger partial charge >= 0.3 is 0 Å². The number of rotatable bonds is 5. The molecule has 0 spiro atoms.